The van der Waals surface area contributed by atoms with Crippen molar-refractivity contribution >= 4 is 15.9 Å². The Morgan fingerprint density at radius 1 is 1.07 bits per heavy atom. The molecule has 2 aliphatic heterocycles. The fraction of sp³-hybridized carbons (Fsp3) is 0.435. The van der Waals surface area contributed by atoms with Crippen molar-refractivity contribution in [3.8, 4) is 17.2 Å². The van der Waals surface area contributed by atoms with Crippen molar-refractivity contribution in [2.24, 2.45) is 4.40 Å². The maximum absolute atomic E-state index is 12.0. The van der Waals surface area contributed by atoms with Gasteiger partial charge >= 0.3 is 0 Å². The number of aryl methyl sites for hydroxylation is 1. The first kappa shape index (κ1) is 20.7. The summed E-state index contributed by atoms with van der Waals surface area (Å²) in [4.78, 5) is 2.12. The van der Waals surface area contributed by atoms with Gasteiger partial charge in [0.25, 0.3) is 10.0 Å². The van der Waals surface area contributed by atoms with E-state index in [1.54, 1.807) is 0 Å². The molecule has 2 heterocycles. The van der Waals surface area contributed by atoms with E-state index in [4.69, 9.17) is 9.47 Å². The molecular weight excluding hydrogens is 400 g/mol. The second kappa shape index (κ2) is 8.68. The average Bonchev–Trinajstić information content (AvgIpc) is 2.74. The topological polar surface area (TPSA) is 68.2 Å². The van der Waals surface area contributed by atoms with Crippen molar-refractivity contribution in [2.75, 3.05) is 25.4 Å². The summed E-state index contributed by atoms with van der Waals surface area (Å²) >= 11 is 0. The molecule has 1 saturated heterocycles. The van der Waals surface area contributed by atoms with Gasteiger partial charge in [-0.3, -0.25) is 0 Å². The van der Waals surface area contributed by atoms with Crippen LogP contribution in [0.1, 0.15) is 43.7 Å². The number of ether oxygens (including phenoxy) is 2. The summed E-state index contributed by atoms with van der Waals surface area (Å²) in [5.41, 5.74) is 2.23. The van der Waals surface area contributed by atoms with E-state index < -0.39 is 10.0 Å². The lowest BCUT2D eigenvalue weighted by Gasteiger charge is -2.37. The number of benzene rings is 2. The van der Waals surface area contributed by atoms with Gasteiger partial charge in [-0.2, -0.15) is 0 Å². The second-order valence-electron chi connectivity index (χ2n) is 7.64. The van der Waals surface area contributed by atoms with E-state index in [9.17, 15) is 8.42 Å². The third-order valence-corrected chi connectivity index (χ3v) is 6.81. The minimum Gasteiger partial charge on any atom is -0.493 e. The van der Waals surface area contributed by atoms with Gasteiger partial charge in [0, 0.05) is 25.1 Å². The van der Waals surface area contributed by atoms with E-state index >= 15 is 0 Å². The molecule has 0 aromatic heterocycles. The molecule has 2 aromatic carbocycles. The molecule has 160 valence electrons. The quantitative estimate of drug-likeness (QED) is 0.684. The number of piperidine rings is 1. The van der Waals surface area contributed by atoms with Crippen LogP contribution in [-0.2, 0) is 16.4 Å². The zero-order valence-corrected chi connectivity index (χ0v) is 18.3. The van der Waals surface area contributed by atoms with Crippen molar-refractivity contribution in [2.45, 2.75) is 39.0 Å². The summed E-state index contributed by atoms with van der Waals surface area (Å²) in [6.45, 7) is 6.10. The van der Waals surface area contributed by atoms with Gasteiger partial charge in [-0.05, 0) is 55.5 Å². The highest BCUT2D eigenvalue weighted by molar-refractivity contribution is 7.90. The minimum absolute atomic E-state index is 0.0104. The van der Waals surface area contributed by atoms with Crippen LogP contribution < -0.4 is 9.47 Å². The van der Waals surface area contributed by atoms with Crippen LogP contribution in [0.2, 0.25) is 0 Å². The number of fused-ring (bicyclic) bond motifs is 1. The Bertz CT molecular complexity index is 1030. The molecule has 7 heteroatoms. The Kier molecular flexibility index (Phi) is 5.99. The number of nitrogens with zero attached hydrogens (tertiary/aromatic N) is 2. The smallest absolute Gasteiger partial charge is 0.256 e. The molecule has 0 N–H and O–H groups in total. The number of sulfonamides is 1. The summed E-state index contributed by atoms with van der Waals surface area (Å²) in [7, 11) is -3.35. The fourth-order valence-electron chi connectivity index (χ4n) is 4.11. The van der Waals surface area contributed by atoms with E-state index in [-0.39, 0.29) is 11.7 Å². The van der Waals surface area contributed by atoms with Crippen LogP contribution in [0.25, 0.3) is 0 Å². The van der Waals surface area contributed by atoms with Crippen molar-refractivity contribution in [1.29, 1.82) is 0 Å². The first-order chi connectivity index (χ1) is 14.5. The third kappa shape index (κ3) is 4.46. The molecule has 1 fully saturated rings. The molecule has 0 amide bonds. The molecule has 1 unspecified atom stereocenters. The predicted molar refractivity (Wildman–Crippen MR) is 118 cm³/mol. The first-order valence-electron chi connectivity index (χ1n) is 10.6. The van der Waals surface area contributed by atoms with Gasteiger partial charge in [0.1, 0.15) is 23.1 Å². The molecule has 0 spiro atoms. The zero-order valence-electron chi connectivity index (χ0n) is 17.5. The summed E-state index contributed by atoms with van der Waals surface area (Å²) in [6, 6.07) is 13.8. The van der Waals surface area contributed by atoms with Gasteiger partial charge in [0.2, 0.25) is 0 Å². The van der Waals surface area contributed by atoms with E-state index in [0.29, 0.717) is 19.0 Å². The first-order valence-corrected chi connectivity index (χ1v) is 12.2. The highest BCUT2D eigenvalue weighted by atomic mass is 32.2. The Labute approximate surface area is 178 Å². The molecule has 30 heavy (non-hydrogen) atoms. The van der Waals surface area contributed by atoms with E-state index in [0.717, 1.165) is 54.2 Å². The summed E-state index contributed by atoms with van der Waals surface area (Å²) in [5, 5.41) is 0. The minimum atomic E-state index is -3.35. The number of rotatable bonds is 6. The van der Waals surface area contributed by atoms with Crippen LogP contribution in [-0.4, -0.2) is 44.6 Å². The van der Waals surface area contributed by atoms with Crippen molar-refractivity contribution in [1.82, 2.24) is 4.90 Å². The van der Waals surface area contributed by atoms with Crippen LogP contribution in [0, 0.1) is 0 Å². The lowest BCUT2D eigenvalue weighted by atomic mass is 9.89. The van der Waals surface area contributed by atoms with Crippen LogP contribution >= 0.6 is 0 Å². The van der Waals surface area contributed by atoms with Crippen LogP contribution in [0.5, 0.6) is 17.2 Å². The van der Waals surface area contributed by atoms with Crippen molar-refractivity contribution in [3.05, 3.63) is 53.6 Å². The fourth-order valence-corrected chi connectivity index (χ4v) is 5.18. The van der Waals surface area contributed by atoms with Crippen molar-refractivity contribution in [3.63, 3.8) is 0 Å². The predicted octanol–water partition coefficient (Wildman–Crippen LogP) is 4.36. The van der Waals surface area contributed by atoms with Gasteiger partial charge in [-0.25, -0.2) is 8.42 Å². The molecule has 2 aliphatic rings. The summed E-state index contributed by atoms with van der Waals surface area (Å²) in [5.74, 6) is 3.13. The lowest BCUT2D eigenvalue weighted by Crippen LogP contribution is -2.46. The van der Waals surface area contributed by atoms with Gasteiger partial charge in [-0.15, -0.1) is 4.40 Å². The maximum atomic E-state index is 12.0. The molecule has 2 aromatic rings. The lowest BCUT2D eigenvalue weighted by molar-refractivity contribution is 0.334. The largest absolute Gasteiger partial charge is 0.493 e. The number of amidine groups is 1. The Morgan fingerprint density at radius 3 is 2.57 bits per heavy atom. The third-order valence-electron chi connectivity index (χ3n) is 5.65. The molecule has 1 atom stereocenters. The standard InChI is InChI=1S/C23H28N2O4S/c1-3-17-7-12-20(16-22(17)28-4-2)29-19-10-8-18(9-11-19)21-6-5-13-25-14-15-30(26,27)24-23(21)25/h7-12,16,21H,3-6,13-15H2,1-2H3. The summed E-state index contributed by atoms with van der Waals surface area (Å²) in [6.07, 6.45) is 2.84. The van der Waals surface area contributed by atoms with Crippen LogP contribution in [0.3, 0.4) is 0 Å². The Morgan fingerprint density at radius 2 is 1.83 bits per heavy atom. The van der Waals surface area contributed by atoms with Gasteiger partial charge in [0.05, 0.1) is 12.4 Å². The summed E-state index contributed by atoms with van der Waals surface area (Å²) < 4.78 is 39.9. The molecule has 0 radical (unpaired) electrons. The monoisotopic (exact) mass is 428 g/mol. The van der Waals surface area contributed by atoms with E-state index in [1.165, 1.54) is 0 Å². The molecular formula is C23H28N2O4S. The normalized spacial score (nSPS) is 20.3. The highest BCUT2D eigenvalue weighted by Gasteiger charge is 2.33. The Balaban J connectivity index is 1.53. The van der Waals surface area contributed by atoms with E-state index in [2.05, 4.69) is 16.2 Å². The Hall–Kier alpha value is -2.54. The maximum Gasteiger partial charge on any atom is 0.256 e. The highest BCUT2D eigenvalue weighted by Crippen LogP contribution is 2.34. The number of hydrogen-bond acceptors (Lipinski definition) is 5. The second-order valence-corrected chi connectivity index (χ2v) is 9.40. The average molecular weight is 429 g/mol. The van der Waals surface area contributed by atoms with Gasteiger partial charge < -0.3 is 14.4 Å². The molecule has 0 aliphatic carbocycles. The molecule has 6 nitrogen and oxygen atoms in total. The molecule has 4 rings (SSSR count). The molecule has 0 bridgehead atoms. The van der Waals surface area contributed by atoms with E-state index in [1.807, 2.05) is 49.4 Å². The van der Waals surface area contributed by atoms with Crippen molar-refractivity contribution < 1.29 is 17.9 Å². The molecule has 0 saturated carbocycles. The van der Waals surface area contributed by atoms with Crippen LogP contribution in [0.15, 0.2) is 46.9 Å². The van der Waals surface area contributed by atoms with Gasteiger partial charge in [0.15, 0.2) is 0 Å². The zero-order chi connectivity index (χ0) is 21.1. The SMILES string of the molecule is CCOc1cc(Oc2ccc(C3CCCN4CCS(=O)(=O)N=C34)cc2)ccc1CC. The van der Waals surface area contributed by atoms with Gasteiger partial charge in [-0.1, -0.05) is 25.1 Å². The number of hydrogen-bond donors (Lipinski definition) is 0. The van der Waals surface area contributed by atoms with Crippen LogP contribution in [0.4, 0.5) is 0 Å².